The number of carbonyl (C=O) groups is 4. The van der Waals surface area contributed by atoms with E-state index in [0.29, 0.717) is 24.3 Å². The van der Waals surface area contributed by atoms with Gasteiger partial charge in [0.05, 0.1) is 18.7 Å². The topological polar surface area (TPSA) is 126 Å². The van der Waals surface area contributed by atoms with Crippen molar-refractivity contribution >= 4 is 53.8 Å². The number of rotatable bonds is 5. The first kappa shape index (κ1) is 28.7. The average molecular weight is 523 g/mol. The number of aliphatic imine (C=N–C) groups is 1. The number of hydrogen-bond donors (Lipinski definition) is 4. The summed E-state index contributed by atoms with van der Waals surface area (Å²) in [5, 5.41) is 8.07. The summed E-state index contributed by atoms with van der Waals surface area (Å²) < 4.78 is 5.62. The molecule has 0 aromatic heterocycles. The predicted molar refractivity (Wildman–Crippen MR) is 141 cm³/mol. The van der Waals surface area contributed by atoms with Gasteiger partial charge in [-0.1, -0.05) is 26.0 Å². The summed E-state index contributed by atoms with van der Waals surface area (Å²) in [6.45, 7) is 5.28. The average Bonchev–Trinajstić information content (AvgIpc) is 2.83. The fourth-order valence-electron chi connectivity index (χ4n) is 3.42. The number of esters is 1. The van der Waals surface area contributed by atoms with Crippen LogP contribution in [0.15, 0.2) is 40.7 Å². The summed E-state index contributed by atoms with van der Waals surface area (Å²) in [6.07, 6.45) is 8.90. The van der Waals surface area contributed by atoms with Crippen LogP contribution in [0.2, 0.25) is 0 Å². The van der Waals surface area contributed by atoms with Gasteiger partial charge < -0.3 is 20.7 Å². The summed E-state index contributed by atoms with van der Waals surface area (Å²) >= 11 is 5.74. The number of nitrogens with one attached hydrogen (secondary N) is 3. The normalized spacial score (nSPS) is 26.1. The van der Waals surface area contributed by atoms with Crippen LogP contribution in [0, 0.1) is 5.92 Å². The third-order valence-corrected chi connectivity index (χ3v) is 6.54. The van der Waals surface area contributed by atoms with E-state index < -0.39 is 29.9 Å². The second-order valence-electron chi connectivity index (χ2n) is 8.44. The number of carbonyl (C=O) groups excluding carboxylic acids is 4. The molecule has 2 heterocycles. The Labute approximate surface area is 216 Å². The van der Waals surface area contributed by atoms with Crippen molar-refractivity contribution in [3.63, 3.8) is 0 Å². The third-order valence-electron chi connectivity index (χ3n) is 5.37. The molecule has 3 amide bonds. The zero-order chi connectivity index (χ0) is 26.0. The van der Waals surface area contributed by atoms with E-state index in [0.717, 1.165) is 0 Å². The maximum Gasteiger partial charge on any atom is 0.329 e. The van der Waals surface area contributed by atoms with Gasteiger partial charge in [0.1, 0.15) is 23.6 Å². The van der Waals surface area contributed by atoms with E-state index in [1.165, 1.54) is 6.08 Å². The summed E-state index contributed by atoms with van der Waals surface area (Å²) in [4.78, 5) is 55.9. The van der Waals surface area contributed by atoms with Crippen LogP contribution in [-0.4, -0.2) is 65.4 Å². The molecule has 0 aliphatic carbocycles. The highest BCUT2D eigenvalue weighted by Gasteiger charge is 2.30. The van der Waals surface area contributed by atoms with Crippen molar-refractivity contribution < 1.29 is 23.9 Å². The van der Waals surface area contributed by atoms with Crippen molar-refractivity contribution in [2.45, 2.75) is 57.4 Å². The SMILES string of the molecule is C/C=C1\NC(=O)C2=NC(=C[C@H](SC)C2)CNC(=O)C[C@@H](/C=C/CCS)OC(=O)[C@H](C(C)C)NC1=O. The van der Waals surface area contributed by atoms with Gasteiger partial charge in [0.2, 0.25) is 5.91 Å². The van der Waals surface area contributed by atoms with Crippen molar-refractivity contribution in [3.05, 3.63) is 35.7 Å². The molecule has 3 N–H and O–H groups in total. The Morgan fingerprint density at radius 2 is 1.97 bits per heavy atom. The molecular formula is C24H34N4O5S2. The lowest BCUT2D eigenvalue weighted by Gasteiger charge is -2.25. The van der Waals surface area contributed by atoms with Crippen molar-refractivity contribution in [2.24, 2.45) is 10.9 Å². The van der Waals surface area contributed by atoms with E-state index in [1.54, 1.807) is 44.7 Å². The molecule has 0 radical (unpaired) electrons. The fraction of sp³-hybridized carbons (Fsp3) is 0.542. The highest BCUT2D eigenvalue weighted by atomic mass is 32.2. The molecule has 192 valence electrons. The van der Waals surface area contributed by atoms with Crippen LogP contribution in [0.5, 0.6) is 0 Å². The van der Waals surface area contributed by atoms with Gasteiger partial charge in [-0.25, -0.2) is 4.79 Å². The zero-order valence-corrected chi connectivity index (χ0v) is 22.2. The summed E-state index contributed by atoms with van der Waals surface area (Å²) in [5.74, 6) is -1.81. The van der Waals surface area contributed by atoms with E-state index in [9.17, 15) is 19.2 Å². The maximum atomic E-state index is 13.0. The van der Waals surface area contributed by atoms with Gasteiger partial charge in [-0.15, -0.1) is 0 Å². The molecule has 3 atom stereocenters. The minimum Gasteiger partial charge on any atom is -0.456 e. The molecule has 2 aliphatic rings. The molecule has 0 saturated carbocycles. The Balaban J connectivity index is 2.41. The molecule has 0 unspecified atom stereocenters. The second kappa shape index (κ2) is 14.1. The van der Waals surface area contributed by atoms with Crippen LogP contribution in [0.4, 0.5) is 0 Å². The van der Waals surface area contributed by atoms with E-state index in [-0.39, 0.29) is 41.4 Å². The number of nitrogens with zero attached hydrogens (tertiary/aromatic N) is 1. The molecule has 11 heteroatoms. The van der Waals surface area contributed by atoms with E-state index >= 15 is 0 Å². The lowest BCUT2D eigenvalue weighted by atomic mass is 10.0. The highest BCUT2D eigenvalue weighted by molar-refractivity contribution is 7.99. The predicted octanol–water partition coefficient (Wildman–Crippen LogP) is 1.92. The van der Waals surface area contributed by atoms with E-state index in [4.69, 9.17) is 4.74 Å². The highest BCUT2D eigenvalue weighted by Crippen LogP contribution is 2.21. The molecule has 2 bridgehead atoms. The Hall–Kier alpha value is -2.53. The number of cyclic esters (lactones) is 1. The molecular weight excluding hydrogens is 488 g/mol. The molecule has 0 fully saturated rings. The van der Waals surface area contributed by atoms with Gasteiger partial charge in [-0.05, 0) is 43.4 Å². The number of ether oxygens (including phenoxy) is 1. The van der Waals surface area contributed by atoms with Gasteiger partial charge in [0, 0.05) is 11.7 Å². The zero-order valence-electron chi connectivity index (χ0n) is 20.5. The van der Waals surface area contributed by atoms with Crippen LogP contribution in [0.1, 0.15) is 40.0 Å². The molecule has 2 aliphatic heterocycles. The summed E-state index contributed by atoms with van der Waals surface area (Å²) in [7, 11) is 0. The van der Waals surface area contributed by atoms with Crippen molar-refractivity contribution in [1.82, 2.24) is 16.0 Å². The smallest absolute Gasteiger partial charge is 0.329 e. The minimum atomic E-state index is -0.978. The maximum absolute atomic E-state index is 13.0. The van der Waals surface area contributed by atoms with Gasteiger partial charge in [0.25, 0.3) is 11.8 Å². The van der Waals surface area contributed by atoms with Crippen LogP contribution in [0.3, 0.4) is 0 Å². The molecule has 0 aromatic carbocycles. The number of thioether (sulfide) groups is 1. The summed E-state index contributed by atoms with van der Waals surface area (Å²) in [6, 6.07) is -0.978. The Kier molecular flexibility index (Phi) is 11.6. The van der Waals surface area contributed by atoms with E-state index in [2.05, 4.69) is 33.6 Å². The fourth-order valence-corrected chi connectivity index (χ4v) is 4.19. The monoisotopic (exact) mass is 522 g/mol. The first-order valence-electron chi connectivity index (χ1n) is 11.5. The lowest BCUT2D eigenvalue weighted by Crippen LogP contribution is -2.49. The van der Waals surface area contributed by atoms with Crippen molar-refractivity contribution in [1.29, 1.82) is 0 Å². The van der Waals surface area contributed by atoms with Crippen LogP contribution < -0.4 is 16.0 Å². The molecule has 35 heavy (non-hydrogen) atoms. The third kappa shape index (κ3) is 8.88. The van der Waals surface area contributed by atoms with Crippen molar-refractivity contribution in [2.75, 3.05) is 18.6 Å². The number of fused-ring (bicyclic) bond motifs is 1. The van der Waals surface area contributed by atoms with Gasteiger partial charge in [0.15, 0.2) is 0 Å². The molecule has 0 saturated heterocycles. The Morgan fingerprint density at radius 1 is 1.23 bits per heavy atom. The first-order chi connectivity index (χ1) is 16.7. The standard InChI is InChI=1S/C24H34N4O5S2/c1-5-18-22(30)28-21(14(2)3)24(32)33-16(8-6-7-9-34)11-20(29)25-13-15-10-17(35-4)12-19(26-15)23(31)27-18/h5-6,8,10,14,16-17,21,34H,7,9,11-13H2,1-4H3,(H,25,29)(H,27,31)(H,28,30)/b8-6+,18-5-/t16-,17+,21+/m1/s1. The Morgan fingerprint density at radius 3 is 2.60 bits per heavy atom. The van der Waals surface area contributed by atoms with Gasteiger partial charge in [-0.3, -0.25) is 19.4 Å². The summed E-state index contributed by atoms with van der Waals surface area (Å²) in [5.41, 5.74) is 0.827. The number of thiol groups is 1. The van der Waals surface area contributed by atoms with Crippen LogP contribution in [-0.2, 0) is 23.9 Å². The van der Waals surface area contributed by atoms with Crippen molar-refractivity contribution in [3.8, 4) is 0 Å². The lowest BCUT2D eigenvalue weighted by molar-refractivity contribution is -0.153. The van der Waals surface area contributed by atoms with Gasteiger partial charge >= 0.3 is 5.97 Å². The molecule has 9 nitrogen and oxygen atoms in total. The van der Waals surface area contributed by atoms with Gasteiger partial charge in [-0.2, -0.15) is 24.4 Å². The molecule has 0 aromatic rings. The molecule has 0 spiro atoms. The quantitative estimate of drug-likeness (QED) is 0.189. The number of hydrogen-bond acceptors (Lipinski definition) is 8. The largest absolute Gasteiger partial charge is 0.456 e. The van der Waals surface area contributed by atoms with Crippen LogP contribution in [0.25, 0.3) is 0 Å². The number of allylic oxidation sites excluding steroid dienone is 2. The van der Waals surface area contributed by atoms with Crippen LogP contribution >= 0.6 is 24.4 Å². The molecule has 2 rings (SSSR count). The van der Waals surface area contributed by atoms with E-state index in [1.807, 2.05) is 12.3 Å². The minimum absolute atomic E-state index is 0.00473. The first-order valence-corrected chi connectivity index (χ1v) is 13.4. The second-order valence-corrected chi connectivity index (χ2v) is 9.97. The number of amides is 3. The Bertz CT molecular complexity index is 942.